The van der Waals surface area contributed by atoms with Crippen molar-refractivity contribution >= 4 is 28.9 Å². The fourth-order valence-electron chi connectivity index (χ4n) is 2.19. The molecule has 0 radical (unpaired) electrons. The molecule has 0 aromatic heterocycles. The maximum Gasteiger partial charge on any atom is 0.418 e. The Kier molecular flexibility index (Phi) is 5.72. The van der Waals surface area contributed by atoms with Crippen molar-refractivity contribution < 1.29 is 18.0 Å². The van der Waals surface area contributed by atoms with E-state index in [0.717, 1.165) is 17.3 Å². The quantitative estimate of drug-likeness (QED) is 0.781. The van der Waals surface area contributed by atoms with Crippen LogP contribution in [0.4, 0.5) is 24.5 Å². The number of anilines is 2. The molecule has 7 heteroatoms. The lowest BCUT2D eigenvalue weighted by atomic mass is 10.1. The predicted molar refractivity (Wildman–Crippen MR) is 89.4 cm³/mol. The molecule has 0 aliphatic carbocycles. The molecule has 0 unspecified atom stereocenters. The first-order chi connectivity index (χ1) is 11.3. The van der Waals surface area contributed by atoms with Crippen LogP contribution in [0, 0.1) is 6.92 Å². The number of rotatable bonds is 5. The predicted octanol–water partition coefficient (Wildman–Crippen LogP) is 5.11. The van der Waals surface area contributed by atoms with E-state index in [2.05, 4.69) is 10.6 Å². The summed E-state index contributed by atoms with van der Waals surface area (Å²) >= 11 is 5.86. The molecule has 2 N–H and O–H groups in total. The standard InChI is InChI=1S/C17H16ClF3N2O/c1-11-10-12(18)6-7-14(11)22-9-8-16(24)23-15-5-3-2-4-13(15)17(19,20)21/h2-7,10,22H,8-9H2,1H3,(H,23,24). The number of para-hydroxylation sites is 1. The fraction of sp³-hybridized carbons (Fsp3) is 0.235. The zero-order valence-electron chi connectivity index (χ0n) is 12.9. The molecule has 24 heavy (non-hydrogen) atoms. The molecule has 0 saturated carbocycles. The number of carbonyl (C=O) groups is 1. The number of carbonyl (C=O) groups excluding carboxylic acids is 1. The van der Waals surface area contributed by atoms with Crippen LogP contribution in [0.3, 0.4) is 0 Å². The van der Waals surface area contributed by atoms with Gasteiger partial charge in [0.05, 0.1) is 11.3 Å². The zero-order chi connectivity index (χ0) is 17.7. The number of benzene rings is 2. The number of amides is 1. The molecule has 0 aliphatic heterocycles. The highest BCUT2D eigenvalue weighted by atomic mass is 35.5. The summed E-state index contributed by atoms with van der Waals surface area (Å²) in [5, 5.41) is 5.98. The second kappa shape index (κ2) is 7.57. The lowest BCUT2D eigenvalue weighted by Crippen LogP contribution is -2.19. The summed E-state index contributed by atoms with van der Waals surface area (Å²) < 4.78 is 38.6. The molecule has 2 aromatic rings. The second-order valence-electron chi connectivity index (χ2n) is 5.23. The van der Waals surface area contributed by atoms with E-state index in [1.165, 1.54) is 18.2 Å². The van der Waals surface area contributed by atoms with Crippen molar-refractivity contribution in [2.24, 2.45) is 0 Å². The third kappa shape index (κ3) is 4.89. The third-order valence-electron chi connectivity index (χ3n) is 3.36. The van der Waals surface area contributed by atoms with Crippen molar-refractivity contribution in [1.82, 2.24) is 0 Å². The number of hydrogen-bond acceptors (Lipinski definition) is 2. The van der Waals surface area contributed by atoms with Crippen LogP contribution in [0.1, 0.15) is 17.5 Å². The molecule has 1 amide bonds. The highest BCUT2D eigenvalue weighted by Gasteiger charge is 2.33. The van der Waals surface area contributed by atoms with Crippen LogP contribution in [-0.2, 0) is 11.0 Å². The van der Waals surface area contributed by atoms with Gasteiger partial charge in [-0.2, -0.15) is 13.2 Å². The molecule has 128 valence electrons. The van der Waals surface area contributed by atoms with Gasteiger partial charge in [0.15, 0.2) is 0 Å². The van der Waals surface area contributed by atoms with E-state index in [1.54, 1.807) is 18.2 Å². The minimum absolute atomic E-state index is 0.0360. The number of halogens is 4. The van der Waals surface area contributed by atoms with Crippen LogP contribution in [0.2, 0.25) is 5.02 Å². The van der Waals surface area contributed by atoms with Crippen LogP contribution in [-0.4, -0.2) is 12.5 Å². The smallest absolute Gasteiger partial charge is 0.384 e. The van der Waals surface area contributed by atoms with Crippen molar-refractivity contribution in [3.05, 3.63) is 58.6 Å². The van der Waals surface area contributed by atoms with Crippen molar-refractivity contribution in [1.29, 1.82) is 0 Å². The van der Waals surface area contributed by atoms with E-state index < -0.39 is 17.6 Å². The second-order valence-corrected chi connectivity index (χ2v) is 5.66. The van der Waals surface area contributed by atoms with Gasteiger partial charge in [0.25, 0.3) is 0 Å². The van der Waals surface area contributed by atoms with E-state index in [-0.39, 0.29) is 12.1 Å². The minimum Gasteiger partial charge on any atom is -0.384 e. The van der Waals surface area contributed by atoms with E-state index in [0.29, 0.717) is 11.6 Å². The largest absolute Gasteiger partial charge is 0.418 e. The van der Waals surface area contributed by atoms with Crippen molar-refractivity contribution in [2.75, 3.05) is 17.2 Å². The van der Waals surface area contributed by atoms with E-state index in [4.69, 9.17) is 11.6 Å². The summed E-state index contributed by atoms with van der Waals surface area (Å²) in [6.45, 7) is 2.16. The molecule has 0 heterocycles. The van der Waals surface area contributed by atoms with Gasteiger partial charge in [0.2, 0.25) is 5.91 Å². The van der Waals surface area contributed by atoms with Crippen molar-refractivity contribution in [3.8, 4) is 0 Å². The summed E-state index contributed by atoms with van der Waals surface area (Å²) in [7, 11) is 0. The van der Waals surface area contributed by atoms with E-state index in [9.17, 15) is 18.0 Å². The van der Waals surface area contributed by atoms with Gasteiger partial charge in [0, 0.05) is 23.7 Å². The first kappa shape index (κ1) is 18.1. The lowest BCUT2D eigenvalue weighted by Gasteiger charge is -2.14. The Hall–Kier alpha value is -2.21. The van der Waals surface area contributed by atoms with Gasteiger partial charge in [-0.05, 0) is 42.8 Å². The molecule has 3 nitrogen and oxygen atoms in total. The highest BCUT2D eigenvalue weighted by molar-refractivity contribution is 6.30. The summed E-state index contributed by atoms with van der Waals surface area (Å²) in [6, 6.07) is 10.2. The van der Waals surface area contributed by atoms with Gasteiger partial charge >= 0.3 is 6.18 Å². The highest BCUT2D eigenvalue weighted by Crippen LogP contribution is 2.34. The van der Waals surface area contributed by atoms with Crippen LogP contribution < -0.4 is 10.6 Å². The average molecular weight is 357 g/mol. The van der Waals surface area contributed by atoms with E-state index >= 15 is 0 Å². The number of aryl methyl sites for hydroxylation is 1. The summed E-state index contributed by atoms with van der Waals surface area (Å²) in [4.78, 5) is 11.9. The Bertz CT molecular complexity index is 732. The number of nitrogens with one attached hydrogen (secondary N) is 2. The van der Waals surface area contributed by atoms with Crippen LogP contribution in [0.15, 0.2) is 42.5 Å². The van der Waals surface area contributed by atoms with Gasteiger partial charge < -0.3 is 10.6 Å². The third-order valence-corrected chi connectivity index (χ3v) is 3.60. The molecule has 0 aliphatic rings. The van der Waals surface area contributed by atoms with Gasteiger partial charge in [0.1, 0.15) is 0 Å². The first-order valence-electron chi connectivity index (χ1n) is 7.23. The summed E-state index contributed by atoms with van der Waals surface area (Å²) in [5.41, 5.74) is 0.644. The molecule has 0 spiro atoms. The van der Waals surface area contributed by atoms with Crippen LogP contribution in [0.25, 0.3) is 0 Å². The molecular formula is C17H16ClF3N2O. The molecule has 0 fully saturated rings. The monoisotopic (exact) mass is 356 g/mol. The normalized spacial score (nSPS) is 11.2. The molecule has 2 rings (SSSR count). The van der Waals surface area contributed by atoms with Crippen LogP contribution >= 0.6 is 11.6 Å². The fourth-order valence-corrected chi connectivity index (χ4v) is 2.41. The zero-order valence-corrected chi connectivity index (χ0v) is 13.6. The Labute approximate surface area is 142 Å². The van der Waals surface area contributed by atoms with Gasteiger partial charge in [-0.1, -0.05) is 23.7 Å². The molecule has 2 aromatic carbocycles. The molecule has 0 saturated heterocycles. The summed E-state index contributed by atoms with van der Waals surface area (Å²) in [6.07, 6.45) is -4.48. The average Bonchev–Trinajstić information content (AvgIpc) is 2.49. The molecule has 0 bridgehead atoms. The number of hydrogen-bond donors (Lipinski definition) is 2. The Morgan fingerprint density at radius 1 is 1.12 bits per heavy atom. The lowest BCUT2D eigenvalue weighted by molar-refractivity contribution is -0.137. The Morgan fingerprint density at radius 2 is 1.83 bits per heavy atom. The topological polar surface area (TPSA) is 41.1 Å². The minimum atomic E-state index is -4.51. The Morgan fingerprint density at radius 3 is 2.50 bits per heavy atom. The molecule has 0 atom stereocenters. The van der Waals surface area contributed by atoms with Gasteiger partial charge in [-0.25, -0.2) is 0 Å². The summed E-state index contributed by atoms with van der Waals surface area (Å²) in [5.74, 6) is -0.495. The Balaban J connectivity index is 1.93. The molecular weight excluding hydrogens is 341 g/mol. The van der Waals surface area contributed by atoms with Crippen LogP contribution in [0.5, 0.6) is 0 Å². The SMILES string of the molecule is Cc1cc(Cl)ccc1NCCC(=O)Nc1ccccc1C(F)(F)F. The van der Waals surface area contributed by atoms with Gasteiger partial charge in [-0.15, -0.1) is 0 Å². The maximum absolute atomic E-state index is 12.9. The number of alkyl halides is 3. The first-order valence-corrected chi connectivity index (χ1v) is 7.61. The van der Waals surface area contributed by atoms with Gasteiger partial charge in [-0.3, -0.25) is 4.79 Å². The van der Waals surface area contributed by atoms with Crippen molar-refractivity contribution in [2.45, 2.75) is 19.5 Å². The van der Waals surface area contributed by atoms with E-state index in [1.807, 2.05) is 6.92 Å². The maximum atomic E-state index is 12.9. The van der Waals surface area contributed by atoms with Crippen molar-refractivity contribution in [3.63, 3.8) is 0 Å².